The molecule has 1 aliphatic carbocycles. The standard InChI is InChI=1S/C19H25N3O2/c1-14(16-4-5-16)11-18(23)21-12-15-6-9-22(10-7-15)19(24)17-3-2-8-20-13-17/h2-3,8,11,13,15-16H,4-7,9-10,12H2,1H3,(H,21,23)/b14-11+. The summed E-state index contributed by atoms with van der Waals surface area (Å²) in [5, 5.41) is 3.01. The summed E-state index contributed by atoms with van der Waals surface area (Å²) in [7, 11) is 0. The number of pyridine rings is 1. The van der Waals surface area contributed by atoms with Gasteiger partial charge in [-0.2, -0.15) is 0 Å². The summed E-state index contributed by atoms with van der Waals surface area (Å²) in [6.07, 6.45) is 9.33. The van der Waals surface area contributed by atoms with Crippen molar-refractivity contribution in [1.82, 2.24) is 15.2 Å². The van der Waals surface area contributed by atoms with E-state index >= 15 is 0 Å². The van der Waals surface area contributed by atoms with Crippen molar-refractivity contribution in [1.29, 1.82) is 0 Å². The number of nitrogens with zero attached hydrogens (tertiary/aromatic N) is 2. The molecule has 5 nitrogen and oxygen atoms in total. The highest BCUT2D eigenvalue weighted by Crippen LogP contribution is 2.35. The van der Waals surface area contributed by atoms with Crippen LogP contribution in [-0.4, -0.2) is 41.3 Å². The molecule has 1 aromatic rings. The van der Waals surface area contributed by atoms with E-state index in [1.165, 1.54) is 18.4 Å². The van der Waals surface area contributed by atoms with E-state index in [-0.39, 0.29) is 11.8 Å². The third kappa shape index (κ3) is 4.43. The summed E-state index contributed by atoms with van der Waals surface area (Å²) >= 11 is 0. The number of allylic oxidation sites excluding steroid dienone is 1. The van der Waals surface area contributed by atoms with Crippen LogP contribution in [0.25, 0.3) is 0 Å². The summed E-state index contributed by atoms with van der Waals surface area (Å²) in [5.41, 5.74) is 1.84. The Hall–Kier alpha value is -2.17. The lowest BCUT2D eigenvalue weighted by Gasteiger charge is -2.32. The first-order valence-electron chi connectivity index (χ1n) is 8.79. The smallest absolute Gasteiger partial charge is 0.255 e. The Morgan fingerprint density at radius 3 is 2.67 bits per heavy atom. The second-order valence-corrected chi connectivity index (χ2v) is 6.89. The van der Waals surface area contributed by atoms with Crippen molar-refractivity contribution in [2.75, 3.05) is 19.6 Å². The number of amides is 2. The number of nitrogens with one attached hydrogen (secondary N) is 1. The van der Waals surface area contributed by atoms with E-state index in [2.05, 4.69) is 10.3 Å². The normalized spacial score (nSPS) is 19.2. The van der Waals surface area contributed by atoms with E-state index in [9.17, 15) is 9.59 Å². The van der Waals surface area contributed by atoms with E-state index in [0.717, 1.165) is 25.9 Å². The largest absolute Gasteiger partial charge is 0.352 e. The third-order valence-corrected chi connectivity index (χ3v) is 4.96. The number of piperidine rings is 1. The molecule has 5 heteroatoms. The van der Waals surface area contributed by atoms with Crippen LogP contribution in [0.3, 0.4) is 0 Å². The Labute approximate surface area is 143 Å². The van der Waals surface area contributed by atoms with E-state index < -0.39 is 0 Å². The first kappa shape index (κ1) is 16.7. The molecule has 2 fully saturated rings. The predicted molar refractivity (Wildman–Crippen MR) is 92.4 cm³/mol. The van der Waals surface area contributed by atoms with Gasteiger partial charge >= 0.3 is 0 Å². The number of aromatic nitrogens is 1. The Kier molecular flexibility index (Phi) is 5.28. The van der Waals surface area contributed by atoms with Gasteiger partial charge in [-0.25, -0.2) is 0 Å². The third-order valence-electron chi connectivity index (χ3n) is 4.96. The van der Waals surface area contributed by atoms with Gasteiger partial charge < -0.3 is 10.2 Å². The molecule has 3 rings (SSSR count). The van der Waals surface area contributed by atoms with Crippen LogP contribution in [0.4, 0.5) is 0 Å². The molecule has 2 amide bonds. The predicted octanol–water partition coefficient (Wildman–Crippen LogP) is 2.41. The van der Waals surface area contributed by atoms with Gasteiger partial charge in [0.05, 0.1) is 5.56 Å². The lowest BCUT2D eigenvalue weighted by molar-refractivity contribution is -0.116. The van der Waals surface area contributed by atoms with Gasteiger partial charge in [0.1, 0.15) is 0 Å². The van der Waals surface area contributed by atoms with Gasteiger partial charge in [-0.1, -0.05) is 5.57 Å². The molecule has 2 aliphatic rings. The van der Waals surface area contributed by atoms with Crippen molar-refractivity contribution in [2.45, 2.75) is 32.6 Å². The first-order valence-corrected chi connectivity index (χ1v) is 8.79. The van der Waals surface area contributed by atoms with Crippen molar-refractivity contribution >= 4 is 11.8 Å². The van der Waals surface area contributed by atoms with Crippen molar-refractivity contribution in [3.05, 3.63) is 41.7 Å². The fourth-order valence-electron chi connectivity index (χ4n) is 3.17. The van der Waals surface area contributed by atoms with Gasteiger partial charge in [0.2, 0.25) is 5.91 Å². The van der Waals surface area contributed by atoms with Gasteiger partial charge in [0.25, 0.3) is 5.91 Å². The van der Waals surface area contributed by atoms with Crippen molar-refractivity contribution in [2.24, 2.45) is 11.8 Å². The molecule has 0 spiro atoms. The molecular weight excluding hydrogens is 302 g/mol. The molecule has 1 saturated heterocycles. The Morgan fingerprint density at radius 2 is 2.04 bits per heavy atom. The highest BCUT2D eigenvalue weighted by atomic mass is 16.2. The van der Waals surface area contributed by atoms with Gasteiger partial charge in [-0.3, -0.25) is 14.6 Å². The van der Waals surface area contributed by atoms with E-state index in [1.807, 2.05) is 11.8 Å². The summed E-state index contributed by atoms with van der Waals surface area (Å²) in [6, 6.07) is 3.59. The molecular formula is C19H25N3O2. The van der Waals surface area contributed by atoms with Crippen LogP contribution in [-0.2, 0) is 4.79 Å². The molecule has 1 aliphatic heterocycles. The van der Waals surface area contributed by atoms with Crippen molar-refractivity contribution in [3.63, 3.8) is 0 Å². The van der Waals surface area contributed by atoms with Crippen LogP contribution in [0.1, 0.15) is 43.0 Å². The lowest BCUT2D eigenvalue weighted by atomic mass is 9.96. The molecule has 24 heavy (non-hydrogen) atoms. The zero-order valence-corrected chi connectivity index (χ0v) is 14.2. The maximum Gasteiger partial charge on any atom is 0.255 e. The maximum atomic E-state index is 12.4. The maximum absolute atomic E-state index is 12.4. The first-order chi connectivity index (χ1) is 11.6. The second kappa shape index (κ2) is 7.60. The number of carbonyl (C=O) groups is 2. The number of hydrogen-bond acceptors (Lipinski definition) is 3. The van der Waals surface area contributed by atoms with Crippen molar-refractivity contribution < 1.29 is 9.59 Å². The van der Waals surface area contributed by atoms with Gasteiger partial charge in [-0.05, 0) is 56.6 Å². The molecule has 2 heterocycles. The number of carbonyl (C=O) groups excluding carboxylic acids is 2. The molecule has 1 aromatic heterocycles. The Bertz CT molecular complexity index is 615. The molecule has 1 saturated carbocycles. The van der Waals surface area contributed by atoms with Crippen molar-refractivity contribution in [3.8, 4) is 0 Å². The summed E-state index contributed by atoms with van der Waals surface area (Å²) < 4.78 is 0. The average molecular weight is 327 g/mol. The molecule has 0 radical (unpaired) electrons. The van der Waals surface area contributed by atoms with Gasteiger partial charge in [-0.15, -0.1) is 0 Å². The van der Waals surface area contributed by atoms with Crippen LogP contribution < -0.4 is 5.32 Å². The molecule has 128 valence electrons. The number of rotatable bonds is 5. The minimum absolute atomic E-state index is 0.0215. The van der Waals surface area contributed by atoms with Crippen LogP contribution in [0.2, 0.25) is 0 Å². The SMILES string of the molecule is C/C(=C\C(=O)NCC1CCN(C(=O)c2cccnc2)CC1)C1CC1. The fourth-order valence-corrected chi connectivity index (χ4v) is 3.17. The fraction of sp³-hybridized carbons (Fsp3) is 0.526. The van der Waals surface area contributed by atoms with Gasteiger partial charge in [0.15, 0.2) is 0 Å². The molecule has 1 N–H and O–H groups in total. The summed E-state index contributed by atoms with van der Waals surface area (Å²) in [6.45, 7) is 4.22. The minimum Gasteiger partial charge on any atom is -0.352 e. The molecule has 0 atom stereocenters. The number of hydrogen-bond donors (Lipinski definition) is 1. The monoisotopic (exact) mass is 327 g/mol. The summed E-state index contributed by atoms with van der Waals surface area (Å²) in [4.78, 5) is 30.2. The van der Waals surface area contributed by atoms with Crippen LogP contribution >= 0.6 is 0 Å². The van der Waals surface area contributed by atoms with Crippen LogP contribution in [0.15, 0.2) is 36.2 Å². The lowest BCUT2D eigenvalue weighted by Crippen LogP contribution is -2.41. The highest BCUT2D eigenvalue weighted by molar-refractivity contribution is 5.93. The average Bonchev–Trinajstić information content (AvgIpc) is 3.46. The van der Waals surface area contributed by atoms with Gasteiger partial charge in [0, 0.05) is 38.1 Å². The minimum atomic E-state index is 0.0215. The van der Waals surface area contributed by atoms with Crippen LogP contribution in [0.5, 0.6) is 0 Å². The number of likely N-dealkylation sites (tertiary alicyclic amines) is 1. The van der Waals surface area contributed by atoms with E-state index in [1.54, 1.807) is 30.6 Å². The Morgan fingerprint density at radius 1 is 1.29 bits per heavy atom. The quantitative estimate of drug-likeness (QED) is 0.845. The van der Waals surface area contributed by atoms with E-state index in [0.29, 0.717) is 23.9 Å². The molecule has 0 unspecified atom stereocenters. The topological polar surface area (TPSA) is 62.3 Å². The zero-order chi connectivity index (χ0) is 16.9. The molecule has 0 bridgehead atoms. The Balaban J connectivity index is 1.41. The second-order valence-electron chi connectivity index (χ2n) is 6.89. The highest BCUT2D eigenvalue weighted by Gasteiger charge is 2.25. The zero-order valence-electron chi connectivity index (χ0n) is 14.2. The summed E-state index contributed by atoms with van der Waals surface area (Å²) in [5.74, 6) is 1.15. The van der Waals surface area contributed by atoms with Crippen LogP contribution in [0, 0.1) is 11.8 Å². The van der Waals surface area contributed by atoms with E-state index in [4.69, 9.17) is 0 Å². The molecule has 0 aromatic carbocycles.